The first-order chi connectivity index (χ1) is 22.6. The van der Waals surface area contributed by atoms with Gasteiger partial charge < -0.3 is 41.7 Å². The van der Waals surface area contributed by atoms with Crippen molar-refractivity contribution in [2.75, 3.05) is 66.6 Å². The Kier molecular flexibility index (Phi) is 22.2. The van der Waals surface area contributed by atoms with E-state index in [1.165, 1.54) is 29.3 Å². The number of rotatable bonds is 24. The number of hydrogen-bond donors (Lipinski definition) is 0. The molecule has 9 nitrogen and oxygen atoms in total. The lowest BCUT2D eigenvalue weighted by molar-refractivity contribution is 0.113. The van der Waals surface area contributed by atoms with E-state index in [-0.39, 0.29) is 5.60 Å². The molecule has 3 unspecified atom stereocenters. The number of aryl methyl sites for hydroxylation is 1. The van der Waals surface area contributed by atoms with Crippen LogP contribution < -0.4 is 4.43 Å². The van der Waals surface area contributed by atoms with Gasteiger partial charge in [-0.2, -0.15) is 0 Å². The summed E-state index contributed by atoms with van der Waals surface area (Å²) in [6.45, 7) is 22.4. The van der Waals surface area contributed by atoms with Crippen molar-refractivity contribution >= 4 is 27.8 Å². The van der Waals surface area contributed by atoms with E-state index in [1.807, 2.05) is 19.2 Å². The predicted octanol–water partition coefficient (Wildman–Crippen LogP) is 6.59. The monoisotopic (exact) mass is 712 g/mol. The highest BCUT2D eigenvalue weighted by atomic mass is 28.4. The standard InChI is InChI=1S/C14H20O3Si.C11H24O3Si.C10H20O3Si/c1-11-5-3-6-14(12(11)2)17-18-8-4-7-15-9-13-10-16-13;1-4-15(5-2,12-3)8-6-7-13-9-11-10-14-11;1-10(2,3)13-14-6-4-5-11-7-9-8-12-9/h3,5-6,13H,4,7-10H2,1-2H3;11H,4-10H2,1-3H3;9H,4-8H2,1-3H3. The molecule has 3 heterocycles. The largest absolute Gasteiger partial charge is 0.541 e. The van der Waals surface area contributed by atoms with E-state index in [9.17, 15) is 0 Å². The van der Waals surface area contributed by atoms with Crippen molar-refractivity contribution < 1.29 is 41.7 Å². The first-order valence-corrected chi connectivity index (χ1v) is 22.4. The average molecular weight is 713 g/mol. The van der Waals surface area contributed by atoms with Crippen LogP contribution in [0, 0.1) is 13.8 Å². The third-order valence-corrected chi connectivity index (χ3v) is 15.0. The lowest BCUT2D eigenvalue weighted by Gasteiger charge is -2.27. The average Bonchev–Trinajstić information content (AvgIpc) is 3.90. The molecule has 3 saturated heterocycles. The van der Waals surface area contributed by atoms with Gasteiger partial charge in [-0.3, -0.25) is 0 Å². The van der Waals surface area contributed by atoms with Crippen LogP contribution in [-0.4, -0.2) is 118 Å². The molecule has 1 aromatic carbocycles. The molecule has 4 rings (SSSR count). The summed E-state index contributed by atoms with van der Waals surface area (Å²) in [7, 11) is 1.59. The van der Waals surface area contributed by atoms with Gasteiger partial charge in [-0.25, -0.2) is 0 Å². The quantitative estimate of drug-likeness (QED) is 0.0669. The van der Waals surface area contributed by atoms with Gasteiger partial charge in [0.2, 0.25) is 9.76 Å². The Morgan fingerprint density at radius 3 is 1.70 bits per heavy atom. The number of epoxide rings is 3. The zero-order valence-corrected chi connectivity index (χ0v) is 33.7. The van der Waals surface area contributed by atoms with E-state index in [4.69, 9.17) is 41.7 Å². The maximum Gasteiger partial charge on any atom is 0.310 e. The molecule has 3 atom stereocenters. The maximum absolute atomic E-state index is 5.81. The Labute approximate surface area is 292 Å². The van der Waals surface area contributed by atoms with Crippen molar-refractivity contribution in [3.63, 3.8) is 0 Å². The summed E-state index contributed by atoms with van der Waals surface area (Å²) < 4.78 is 48.8. The van der Waals surface area contributed by atoms with Gasteiger partial charge in [0.15, 0.2) is 8.32 Å². The summed E-state index contributed by atoms with van der Waals surface area (Å²) in [6, 6.07) is 12.0. The molecule has 0 aromatic heterocycles. The SMILES string of the molecule is CC(C)(C)O[Si]CCCOCC1CO1.CC[Si](CC)(CCCOCC1CO1)OC.Cc1cccc(O[Si]CCCOCC2CO2)c1C. The van der Waals surface area contributed by atoms with E-state index < -0.39 is 8.32 Å². The van der Waals surface area contributed by atoms with Crippen LogP contribution in [0.5, 0.6) is 5.75 Å². The molecule has 270 valence electrons. The van der Waals surface area contributed by atoms with Crippen LogP contribution in [0.15, 0.2) is 18.2 Å². The van der Waals surface area contributed by atoms with Crippen molar-refractivity contribution in [3.05, 3.63) is 29.3 Å². The number of hydrogen-bond acceptors (Lipinski definition) is 9. The van der Waals surface area contributed by atoms with E-state index in [0.29, 0.717) is 37.8 Å². The van der Waals surface area contributed by atoms with Crippen LogP contribution in [0.4, 0.5) is 0 Å². The topological polar surface area (TPSA) is 93.0 Å². The molecule has 0 amide bonds. The normalized spacial score (nSPS) is 19.7. The molecule has 0 aliphatic carbocycles. The third-order valence-electron chi connectivity index (χ3n) is 8.01. The van der Waals surface area contributed by atoms with E-state index in [1.54, 1.807) is 0 Å². The Morgan fingerprint density at radius 2 is 1.26 bits per heavy atom. The zero-order valence-electron chi connectivity index (χ0n) is 30.7. The summed E-state index contributed by atoms with van der Waals surface area (Å²) in [5.74, 6) is 1.01. The van der Waals surface area contributed by atoms with Gasteiger partial charge in [0.1, 0.15) is 24.1 Å². The minimum atomic E-state index is -1.39. The van der Waals surface area contributed by atoms with Crippen LogP contribution in [0.2, 0.25) is 30.2 Å². The first-order valence-electron chi connectivity index (χ1n) is 17.6. The summed E-state index contributed by atoms with van der Waals surface area (Å²) in [5.41, 5.74) is 2.53. The van der Waals surface area contributed by atoms with Crippen molar-refractivity contribution in [2.45, 2.75) is 122 Å². The zero-order chi connectivity index (χ0) is 34.4. The summed E-state index contributed by atoms with van der Waals surface area (Å²) in [4.78, 5) is 0. The van der Waals surface area contributed by atoms with Crippen LogP contribution >= 0.6 is 0 Å². The second-order valence-corrected chi connectivity index (χ2v) is 20.0. The minimum Gasteiger partial charge on any atom is -0.541 e. The molecule has 1 aromatic rings. The van der Waals surface area contributed by atoms with Crippen molar-refractivity contribution in [3.8, 4) is 5.75 Å². The lowest BCUT2D eigenvalue weighted by Crippen LogP contribution is -2.35. The maximum atomic E-state index is 5.81. The van der Waals surface area contributed by atoms with Gasteiger partial charge in [-0.05, 0) is 101 Å². The number of ether oxygens (including phenoxy) is 6. The molecule has 0 spiro atoms. The molecular formula is C35H64O9Si3. The molecule has 0 saturated carbocycles. The summed E-state index contributed by atoms with van der Waals surface area (Å²) >= 11 is 0. The van der Waals surface area contributed by atoms with Gasteiger partial charge in [-0.1, -0.05) is 26.0 Å². The Balaban J connectivity index is 0.000000248. The predicted molar refractivity (Wildman–Crippen MR) is 193 cm³/mol. The fourth-order valence-electron chi connectivity index (χ4n) is 4.35. The Morgan fingerprint density at radius 1 is 0.766 bits per heavy atom. The number of benzene rings is 1. The first kappa shape index (κ1) is 42.5. The highest BCUT2D eigenvalue weighted by Crippen LogP contribution is 2.23. The molecule has 3 aliphatic rings. The van der Waals surface area contributed by atoms with E-state index in [0.717, 1.165) is 96.6 Å². The molecule has 0 N–H and O–H groups in total. The molecule has 4 radical (unpaired) electrons. The van der Waals surface area contributed by atoms with Crippen LogP contribution in [0.3, 0.4) is 0 Å². The Hall–Kier alpha value is -0.649. The van der Waals surface area contributed by atoms with Crippen molar-refractivity contribution in [1.82, 2.24) is 0 Å². The molecule has 0 bridgehead atoms. The van der Waals surface area contributed by atoms with Crippen LogP contribution in [0.25, 0.3) is 0 Å². The highest BCUT2D eigenvalue weighted by Gasteiger charge is 2.29. The van der Waals surface area contributed by atoms with Gasteiger partial charge >= 0.3 is 9.76 Å². The van der Waals surface area contributed by atoms with Crippen molar-refractivity contribution in [2.24, 2.45) is 0 Å². The van der Waals surface area contributed by atoms with Crippen LogP contribution in [-0.2, 0) is 37.3 Å². The van der Waals surface area contributed by atoms with Gasteiger partial charge in [-0.15, -0.1) is 0 Å². The lowest BCUT2D eigenvalue weighted by atomic mass is 10.1. The summed E-state index contributed by atoms with van der Waals surface area (Å²) in [6.07, 6.45) is 4.43. The molecule has 47 heavy (non-hydrogen) atoms. The smallest absolute Gasteiger partial charge is 0.310 e. The fourth-order valence-corrected chi connectivity index (χ4v) is 8.72. The van der Waals surface area contributed by atoms with Gasteiger partial charge in [0, 0.05) is 32.5 Å². The highest BCUT2D eigenvalue weighted by molar-refractivity contribution is 6.73. The van der Waals surface area contributed by atoms with Crippen molar-refractivity contribution in [1.29, 1.82) is 0 Å². The molecular weight excluding hydrogens is 649 g/mol. The van der Waals surface area contributed by atoms with E-state index in [2.05, 4.69) is 54.5 Å². The fraction of sp³-hybridized carbons (Fsp3) is 0.829. The van der Waals surface area contributed by atoms with Crippen LogP contribution in [0.1, 0.15) is 65.0 Å². The second-order valence-electron chi connectivity index (χ2n) is 13.3. The van der Waals surface area contributed by atoms with E-state index >= 15 is 0 Å². The third kappa shape index (κ3) is 22.6. The Bertz CT molecular complexity index is 910. The minimum absolute atomic E-state index is 0.00115. The molecule has 12 heteroatoms. The second kappa shape index (κ2) is 24.5. The van der Waals surface area contributed by atoms with Gasteiger partial charge in [0.25, 0.3) is 0 Å². The van der Waals surface area contributed by atoms with Gasteiger partial charge in [0.05, 0.1) is 39.6 Å². The molecule has 3 aliphatic heterocycles. The molecule has 3 fully saturated rings. The summed E-state index contributed by atoms with van der Waals surface area (Å²) in [5, 5.41) is 0.